The average Bonchev–Trinajstić information content (AvgIpc) is 4.01. The van der Waals surface area contributed by atoms with Gasteiger partial charge >= 0.3 is 0 Å². The Balaban J connectivity index is 0.00000465. The molecule has 5 saturated carbocycles. The number of amides is 1. The standard InChI is InChI=1S/C43H73N5O6.H2/c1-8-51-37(39(4,5)50)31-11-9-29-32(53-31)25-30-28-10-12-33-38(2,3)34(13-16-43(33)27-42(28,43)18-17-40(29,30)6)54-36-26-48(23-24-52-36)22-21-44-19-20-45-35(49)14-15-41(7)46-47-41;/h28-34,36-37,44,50H,8-27H2,1-7H3,(H,45,49);1H/t28?,29?,30?,31?,32?,33?,34-,36?,37-,40?,42-,43+;/m0./s1. The topological polar surface area (TPSA) is 126 Å². The quantitative estimate of drug-likeness (QED) is 0.166. The molecule has 54 heavy (non-hydrogen) atoms. The number of fused-ring (bicyclic) bond motifs is 4. The minimum atomic E-state index is -0.911. The number of rotatable bonds is 15. The van der Waals surface area contributed by atoms with E-state index in [2.05, 4.69) is 46.5 Å². The van der Waals surface area contributed by atoms with Crippen LogP contribution in [0.15, 0.2) is 10.2 Å². The van der Waals surface area contributed by atoms with Gasteiger partial charge in [-0.3, -0.25) is 9.69 Å². The van der Waals surface area contributed by atoms with E-state index in [4.69, 9.17) is 18.9 Å². The molecular formula is C43H75N5O6. The largest absolute Gasteiger partial charge is 0.388 e. The highest BCUT2D eigenvalue weighted by molar-refractivity contribution is 5.75. The van der Waals surface area contributed by atoms with E-state index in [1.807, 2.05) is 27.7 Å². The Labute approximate surface area is 326 Å². The lowest BCUT2D eigenvalue weighted by molar-refractivity contribution is -0.245. The fraction of sp³-hybridized carbons (Fsp3) is 0.977. The van der Waals surface area contributed by atoms with Crippen molar-refractivity contribution < 1.29 is 30.3 Å². The van der Waals surface area contributed by atoms with Gasteiger partial charge in [-0.2, -0.15) is 10.2 Å². The van der Waals surface area contributed by atoms with Gasteiger partial charge in [0, 0.05) is 60.1 Å². The predicted octanol–water partition coefficient (Wildman–Crippen LogP) is 6.33. The first-order chi connectivity index (χ1) is 25.6. The van der Waals surface area contributed by atoms with E-state index in [0.29, 0.717) is 66.8 Å². The summed E-state index contributed by atoms with van der Waals surface area (Å²) in [5, 5.41) is 25.4. The maximum Gasteiger partial charge on any atom is 0.220 e. The molecule has 11 nitrogen and oxygen atoms in total. The van der Waals surface area contributed by atoms with E-state index in [0.717, 1.165) is 57.4 Å². The second kappa shape index (κ2) is 14.6. The summed E-state index contributed by atoms with van der Waals surface area (Å²) in [5.74, 6) is 2.97. The number of morpholine rings is 1. The molecule has 8 unspecified atom stereocenters. The Kier molecular flexibility index (Phi) is 10.7. The van der Waals surface area contributed by atoms with Gasteiger partial charge in [0.2, 0.25) is 5.91 Å². The smallest absolute Gasteiger partial charge is 0.220 e. The van der Waals surface area contributed by atoms with Crippen LogP contribution in [0.25, 0.3) is 0 Å². The molecule has 308 valence electrons. The summed E-state index contributed by atoms with van der Waals surface area (Å²) in [6.45, 7) is 21.7. The molecule has 3 N–H and O–H groups in total. The summed E-state index contributed by atoms with van der Waals surface area (Å²) in [6, 6.07) is 0. The molecule has 1 amide bonds. The third-order valence-corrected chi connectivity index (χ3v) is 16.9. The van der Waals surface area contributed by atoms with Crippen molar-refractivity contribution in [2.75, 3.05) is 52.5 Å². The molecule has 2 spiro atoms. The van der Waals surface area contributed by atoms with Crippen LogP contribution in [0.5, 0.6) is 0 Å². The van der Waals surface area contributed by atoms with Crippen LogP contribution in [0, 0.1) is 45.3 Å². The van der Waals surface area contributed by atoms with Crippen molar-refractivity contribution in [1.82, 2.24) is 15.5 Å². The van der Waals surface area contributed by atoms with Gasteiger partial charge in [0.1, 0.15) is 6.10 Å². The first kappa shape index (κ1) is 39.6. The minimum Gasteiger partial charge on any atom is -0.388 e. The highest BCUT2D eigenvalue weighted by atomic mass is 16.7. The van der Waals surface area contributed by atoms with Crippen LogP contribution in [-0.2, 0) is 23.7 Å². The molecule has 3 heterocycles. The molecule has 0 bridgehead atoms. The molecular weight excluding hydrogens is 683 g/mol. The molecule has 2 saturated heterocycles. The summed E-state index contributed by atoms with van der Waals surface area (Å²) in [4.78, 5) is 14.6. The van der Waals surface area contributed by atoms with Crippen LogP contribution in [0.2, 0.25) is 0 Å². The Morgan fingerprint density at radius 1 is 1.00 bits per heavy atom. The zero-order valence-corrected chi connectivity index (χ0v) is 34.7. The Hall–Kier alpha value is -1.21. The molecule has 0 aromatic rings. The molecule has 11 heteroatoms. The van der Waals surface area contributed by atoms with Gasteiger partial charge in [-0.25, -0.2) is 0 Å². The number of ether oxygens (including phenoxy) is 4. The maximum atomic E-state index is 12.1. The summed E-state index contributed by atoms with van der Waals surface area (Å²) in [6.07, 6.45) is 13.9. The Bertz CT molecular complexity index is 1410. The lowest BCUT2D eigenvalue weighted by Crippen LogP contribution is -2.56. The first-order valence-electron chi connectivity index (χ1n) is 22.0. The zero-order chi connectivity index (χ0) is 38.1. The average molecular weight is 758 g/mol. The van der Waals surface area contributed by atoms with Crippen LogP contribution in [-0.4, -0.2) is 110 Å². The van der Waals surface area contributed by atoms with Crippen LogP contribution in [0.4, 0.5) is 0 Å². The van der Waals surface area contributed by atoms with Crippen LogP contribution in [0.3, 0.4) is 0 Å². The van der Waals surface area contributed by atoms with Crippen molar-refractivity contribution in [2.45, 2.75) is 167 Å². The van der Waals surface area contributed by atoms with E-state index in [9.17, 15) is 9.90 Å². The van der Waals surface area contributed by atoms with Crippen LogP contribution >= 0.6 is 0 Å². The van der Waals surface area contributed by atoms with Gasteiger partial charge in [0.15, 0.2) is 12.0 Å². The van der Waals surface area contributed by atoms with Crippen molar-refractivity contribution in [3.63, 3.8) is 0 Å². The second-order valence-electron chi connectivity index (χ2n) is 20.6. The Morgan fingerprint density at radius 2 is 1.80 bits per heavy atom. The number of carbonyl (C=O) groups excluding carboxylic acids is 1. The SMILES string of the molecule is CCO[C@@H](C1CCC2C(CC3C4CCC5C(C)(C)[C@@H](OC6CN(CCNCCNC(=O)CCC7(C)N=N7)CCO6)CC[C@@]56C[C@@]46CCC23C)O1)C(C)(C)O.[HH]. The number of aliphatic hydroxyl groups is 1. The molecule has 7 fully saturated rings. The molecule has 8 aliphatic rings. The fourth-order valence-electron chi connectivity index (χ4n) is 14.1. The number of carbonyl (C=O) groups is 1. The second-order valence-corrected chi connectivity index (χ2v) is 20.6. The van der Waals surface area contributed by atoms with E-state index in [-0.39, 0.29) is 43.0 Å². The van der Waals surface area contributed by atoms with Crippen LogP contribution in [0.1, 0.15) is 127 Å². The predicted molar refractivity (Wildman–Crippen MR) is 209 cm³/mol. The van der Waals surface area contributed by atoms with Crippen molar-refractivity contribution >= 4 is 5.91 Å². The lowest BCUT2D eigenvalue weighted by Gasteiger charge is -2.60. The first-order valence-corrected chi connectivity index (χ1v) is 22.0. The van der Waals surface area contributed by atoms with Gasteiger partial charge in [0.05, 0.1) is 30.5 Å². The fourth-order valence-corrected chi connectivity index (χ4v) is 14.1. The summed E-state index contributed by atoms with van der Waals surface area (Å²) < 4.78 is 26.4. The van der Waals surface area contributed by atoms with Crippen LogP contribution < -0.4 is 10.6 Å². The van der Waals surface area contributed by atoms with Crippen molar-refractivity contribution in [3.05, 3.63) is 0 Å². The monoisotopic (exact) mass is 758 g/mol. The van der Waals surface area contributed by atoms with E-state index < -0.39 is 5.60 Å². The van der Waals surface area contributed by atoms with Gasteiger partial charge in [-0.05, 0) is 137 Å². The molecule has 8 rings (SSSR count). The summed E-state index contributed by atoms with van der Waals surface area (Å²) in [5.41, 5.74) is 0.248. The van der Waals surface area contributed by atoms with E-state index >= 15 is 0 Å². The minimum absolute atomic E-state index is 0. The van der Waals surface area contributed by atoms with Gasteiger partial charge in [-0.15, -0.1) is 0 Å². The zero-order valence-electron chi connectivity index (χ0n) is 34.7. The number of nitrogens with zero attached hydrogens (tertiary/aromatic N) is 3. The molecule has 12 atom stereocenters. The molecule has 5 aliphatic carbocycles. The normalized spacial score (nSPS) is 43.6. The molecule has 0 aromatic heterocycles. The van der Waals surface area contributed by atoms with E-state index in [1.165, 1.54) is 51.4 Å². The summed E-state index contributed by atoms with van der Waals surface area (Å²) >= 11 is 0. The van der Waals surface area contributed by atoms with Gasteiger partial charge in [-0.1, -0.05) is 20.8 Å². The van der Waals surface area contributed by atoms with Gasteiger partial charge in [0.25, 0.3) is 0 Å². The lowest BCUT2D eigenvalue weighted by atomic mass is 9.46. The third kappa shape index (κ3) is 7.03. The molecule has 3 aliphatic heterocycles. The van der Waals surface area contributed by atoms with Crippen molar-refractivity contribution in [2.24, 2.45) is 55.6 Å². The highest BCUT2D eigenvalue weighted by Gasteiger charge is 2.80. The number of hydrogen-bond donors (Lipinski definition) is 3. The highest BCUT2D eigenvalue weighted by Crippen LogP contribution is 2.87. The Morgan fingerprint density at radius 3 is 2.56 bits per heavy atom. The number of nitrogens with one attached hydrogen (secondary N) is 2. The van der Waals surface area contributed by atoms with Crippen molar-refractivity contribution in [3.8, 4) is 0 Å². The van der Waals surface area contributed by atoms with E-state index in [1.54, 1.807) is 0 Å². The molecule has 0 aromatic carbocycles. The van der Waals surface area contributed by atoms with Gasteiger partial charge < -0.3 is 34.7 Å². The van der Waals surface area contributed by atoms with Crippen molar-refractivity contribution in [1.29, 1.82) is 0 Å². The maximum absolute atomic E-state index is 12.1. The molecule has 0 radical (unpaired) electrons. The third-order valence-electron chi connectivity index (χ3n) is 16.9. The number of hydrogen-bond acceptors (Lipinski definition) is 10. The summed E-state index contributed by atoms with van der Waals surface area (Å²) in [7, 11) is 0.